The summed E-state index contributed by atoms with van der Waals surface area (Å²) in [5.74, 6) is 2.43. The Hall–Kier alpha value is -1.51. The van der Waals surface area contributed by atoms with Crippen molar-refractivity contribution in [3.8, 4) is 11.5 Å². The maximum Gasteiger partial charge on any atom is 0.203 e. The number of fused-ring (bicyclic) bond motifs is 1. The number of Topliss-reactive ketones (excluding diaryl/α,β-unsaturated/α-hetero) is 1. The number of benzene rings is 1. The summed E-state index contributed by atoms with van der Waals surface area (Å²) >= 11 is 0. The lowest BCUT2D eigenvalue weighted by Gasteiger charge is -2.28. The monoisotopic (exact) mass is 260 g/mol. The van der Waals surface area contributed by atoms with E-state index >= 15 is 0 Å². The molecule has 0 N–H and O–H groups in total. The summed E-state index contributed by atoms with van der Waals surface area (Å²) in [6.45, 7) is 2.43. The number of ether oxygens (including phenoxy) is 2. The fraction of sp³-hybridized carbons (Fsp3) is 0.562. The highest BCUT2D eigenvalue weighted by Crippen LogP contribution is 2.33. The first-order valence-electron chi connectivity index (χ1n) is 7.23. The van der Waals surface area contributed by atoms with E-state index < -0.39 is 0 Å². The van der Waals surface area contributed by atoms with Crippen molar-refractivity contribution in [1.29, 1.82) is 0 Å². The lowest BCUT2D eigenvalue weighted by molar-refractivity contribution is 0.0961. The van der Waals surface area contributed by atoms with Gasteiger partial charge in [-0.1, -0.05) is 13.3 Å². The second-order valence-corrected chi connectivity index (χ2v) is 5.54. The van der Waals surface area contributed by atoms with Crippen molar-refractivity contribution in [2.45, 2.75) is 45.1 Å². The zero-order valence-electron chi connectivity index (χ0n) is 11.4. The fourth-order valence-electron chi connectivity index (χ4n) is 3.00. The van der Waals surface area contributed by atoms with E-state index in [2.05, 4.69) is 6.92 Å². The highest BCUT2D eigenvalue weighted by molar-refractivity contribution is 6.02. The Balaban J connectivity index is 1.63. The molecule has 1 aromatic carbocycles. The molecule has 19 heavy (non-hydrogen) atoms. The molecular formula is C16H20O3. The topological polar surface area (TPSA) is 35.5 Å². The van der Waals surface area contributed by atoms with E-state index in [4.69, 9.17) is 9.47 Å². The normalized spacial score (nSPS) is 25.8. The highest BCUT2D eigenvalue weighted by atomic mass is 16.5. The first-order chi connectivity index (χ1) is 9.26. The van der Waals surface area contributed by atoms with Crippen LogP contribution in [0.25, 0.3) is 0 Å². The molecule has 1 saturated carbocycles. The fourth-order valence-corrected chi connectivity index (χ4v) is 3.00. The number of rotatable bonds is 3. The third-order valence-electron chi connectivity index (χ3n) is 4.29. The molecule has 3 heteroatoms. The Bertz CT molecular complexity index is 473. The van der Waals surface area contributed by atoms with Gasteiger partial charge in [0.15, 0.2) is 6.61 Å². The summed E-state index contributed by atoms with van der Waals surface area (Å²) in [5.41, 5.74) is 0.682. The molecule has 3 nitrogen and oxygen atoms in total. The standard InChI is InChI=1S/C16H20O3/c1-2-11-3-5-12(6-4-11)19-13-7-8-14-15(17)10-18-16(14)9-13/h7-9,11-12H,2-6,10H2,1H3. The van der Waals surface area contributed by atoms with Crippen molar-refractivity contribution >= 4 is 5.78 Å². The Morgan fingerprint density at radius 2 is 2.05 bits per heavy atom. The van der Waals surface area contributed by atoms with E-state index in [1.807, 2.05) is 18.2 Å². The average Bonchev–Trinajstić information content (AvgIpc) is 2.81. The van der Waals surface area contributed by atoms with Gasteiger partial charge in [-0.05, 0) is 43.7 Å². The summed E-state index contributed by atoms with van der Waals surface area (Å²) in [7, 11) is 0. The summed E-state index contributed by atoms with van der Waals surface area (Å²) < 4.78 is 11.4. The van der Waals surface area contributed by atoms with Gasteiger partial charge < -0.3 is 9.47 Å². The van der Waals surface area contributed by atoms with Crippen LogP contribution in [0.3, 0.4) is 0 Å². The van der Waals surface area contributed by atoms with Crippen LogP contribution < -0.4 is 9.47 Å². The second-order valence-electron chi connectivity index (χ2n) is 5.54. The molecule has 2 aliphatic rings. The van der Waals surface area contributed by atoms with Crippen LogP contribution in [0.5, 0.6) is 11.5 Å². The zero-order chi connectivity index (χ0) is 13.2. The van der Waals surface area contributed by atoms with Crippen molar-refractivity contribution in [1.82, 2.24) is 0 Å². The van der Waals surface area contributed by atoms with Gasteiger partial charge in [-0.15, -0.1) is 0 Å². The molecule has 0 radical (unpaired) electrons. The van der Waals surface area contributed by atoms with Gasteiger partial charge in [0.25, 0.3) is 0 Å². The maximum absolute atomic E-state index is 11.5. The molecule has 3 rings (SSSR count). The van der Waals surface area contributed by atoms with Crippen molar-refractivity contribution in [3.63, 3.8) is 0 Å². The third kappa shape index (κ3) is 2.60. The summed E-state index contributed by atoms with van der Waals surface area (Å²) in [6.07, 6.45) is 6.40. The molecule has 102 valence electrons. The van der Waals surface area contributed by atoms with Crippen molar-refractivity contribution in [2.24, 2.45) is 5.92 Å². The number of carbonyl (C=O) groups is 1. The van der Waals surface area contributed by atoms with Gasteiger partial charge in [0.2, 0.25) is 5.78 Å². The minimum absolute atomic E-state index is 0.0602. The smallest absolute Gasteiger partial charge is 0.203 e. The molecule has 1 heterocycles. The molecule has 0 spiro atoms. The number of hydrogen-bond donors (Lipinski definition) is 0. The van der Waals surface area contributed by atoms with E-state index in [9.17, 15) is 4.79 Å². The van der Waals surface area contributed by atoms with Crippen LogP contribution in [0.1, 0.15) is 49.4 Å². The van der Waals surface area contributed by atoms with Crippen LogP contribution in [-0.4, -0.2) is 18.5 Å². The second kappa shape index (κ2) is 5.24. The molecule has 1 aliphatic carbocycles. The van der Waals surface area contributed by atoms with Crippen molar-refractivity contribution in [3.05, 3.63) is 23.8 Å². The van der Waals surface area contributed by atoms with Crippen LogP contribution in [0, 0.1) is 5.92 Å². The lowest BCUT2D eigenvalue weighted by Crippen LogP contribution is -2.23. The summed E-state index contributed by atoms with van der Waals surface area (Å²) in [5, 5.41) is 0. The molecule has 0 aromatic heterocycles. The minimum atomic E-state index is 0.0602. The highest BCUT2D eigenvalue weighted by Gasteiger charge is 2.24. The van der Waals surface area contributed by atoms with Crippen LogP contribution >= 0.6 is 0 Å². The van der Waals surface area contributed by atoms with Crippen LogP contribution in [-0.2, 0) is 0 Å². The van der Waals surface area contributed by atoms with Gasteiger partial charge in [-0.3, -0.25) is 4.79 Å². The number of hydrogen-bond acceptors (Lipinski definition) is 3. The maximum atomic E-state index is 11.5. The van der Waals surface area contributed by atoms with Gasteiger partial charge >= 0.3 is 0 Å². The lowest BCUT2D eigenvalue weighted by atomic mass is 9.86. The van der Waals surface area contributed by atoms with E-state index in [0.717, 1.165) is 24.5 Å². The molecule has 0 unspecified atom stereocenters. The Morgan fingerprint density at radius 3 is 2.79 bits per heavy atom. The first kappa shape index (κ1) is 12.5. The molecule has 0 saturated heterocycles. The molecule has 0 bridgehead atoms. The van der Waals surface area contributed by atoms with Gasteiger partial charge in [0.05, 0.1) is 11.7 Å². The predicted molar refractivity (Wildman–Crippen MR) is 72.9 cm³/mol. The van der Waals surface area contributed by atoms with Gasteiger partial charge in [-0.25, -0.2) is 0 Å². The van der Waals surface area contributed by atoms with Gasteiger partial charge in [-0.2, -0.15) is 0 Å². The zero-order valence-corrected chi connectivity index (χ0v) is 11.4. The SMILES string of the molecule is CCC1CCC(Oc2ccc3c(c2)OCC3=O)CC1. The number of ketones is 1. The van der Waals surface area contributed by atoms with Crippen molar-refractivity contribution < 1.29 is 14.3 Å². The van der Waals surface area contributed by atoms with E-state index in [1.165, 1.54) is 19.3 Å². The van der Waals surface area contributed by atoms with E-state index in [0.29, 0.717) is 17.4 Å². The average molecular weight is 260 g/mol. The molecule has 1 aromatic rings. The third-order valence-corrected chi connectivity index (χ3v) is 4.29. The Labute approximate surface area is 113 Å². The predicted octanol–water partition coefficient (Wildman–Crippen LogP) is 3.61. The molecule has 1 fully saturated rings. The largest absolute Gasteiger partial charge is 0.490 e. The Kier molecular flexibility index (Phi) is 3.45. The molecule has 0 atom stereocenters. The summed E-state index contributed by atoms with van der Waals surface area (Å²) in [4.78, 5) is 11.5. The Morgan fingerprint density at radius 1 is 1.26 bits per heavy atom. The minimum Gasteiger partial charge on any atom is -0.490 e. The van der Waals surface area contributed by atoms with E-state index in [-0.39, 0.29) is 12.4 Å². The van der Waals surface area contributed by atoms with E-state index in [1.54, 1.807) is 0 Å². The van der Waals surface area contributed by atoms with Gasteiger partial charge in [0.1, 0.15) is 11.5 Å². The summed E-state index contributed by atoms with van der Waals surface area (Å²) in [6, 6.07) is 5.56. The van der Waals surface area contributed by atoms with Crippen LogP contribution in [0.15, 0.2) is 18.2 Å². The first-order valence-corrected chi connectivity index (χ1v) is 7.23. The van der Waals surface area contributed by atoms with Crippen molar-refractivity contribution in [2.75, 3.05) is 6.61 Å². The molecule has 0 amide bonds. The van der Waals surface area contributed by atoms with Gasteiger partial charge in [0, 0.05) is 6.07 Å². The molecular weight excluding hydrogens is 240 g/mol. The quantitative estimate of drug-likeness (QED) is 0.832. The number of carbonyl (C=O) groups excluding carboxylic acids is 1. The van der Waals surface area contributed by atoms with Crippen LogP contribution in [0.4, 0.5) is 0 Å². The van der Waals surface area contributed by atoms with Crippen LogP contribution in [0.2, 0.25) is 0 Å². The molecule has 1 aliphatic heterocycles.